The largest absolute Gasteiger partial charge is 0.504 e. The van der Waals surface area contributed by atoms with Crippen molar-refractivity contribution < 1.29 is 54.0 Å². The van der Waals surface area contributed by atoms with Crippen LogP contribution in [0.25, 0.3) is 6.08 Å². The first-order chi connectivity index (χ1) is 21.8. The molecule has 250 valence electrons. The highest BCUT2D eigenvalue weighted by molar-refractivity contribution is 6.48. The molecule has 2 heterocycles. The normalized spacial score (nSPS) is 31.5. The van der Waals surface area contributed by atoms with Gasteiger partial charge in [0.2, 0.25) is 12.2 Å². The number of amides is 1. The molecule has 9 atom stereocenters. The van der Waals surface area contributed by atoms with Crippen molar-refractivity contribution in [2.75, 3.05) is 13.4 Å². The molecule has 0 spiro atoms. The third kappa shape index (κ3) is 7.42. The van der Waals surface area contributed by atoms with Gasteiger partial charge in [-0.05, 0) is 61.4 Å². The van der Waals surface area contributed by atoms with Gasteiger partial charge in [-0.25, -0.2) is 0 Å². The summed E-state index contributed by atoms with van der Waals surface area (Å²) in [6.07, 6.45) is -4.98. The number of aromatic hydroxyl groups is 1. The van der Waals surface area contributed by atoms with Crippen LogP contribution in [0.15, 0.2) is 47.6 Å². The van der Waals surface area contributed by atoms with Crippen molar-refractivity contribution >= 4 is 46.8 Å². The van der Waals surface area contributed by atoms with E-state index in [4.69, 9.17) is 58.5 Å². The minimum absolute atomic E-state index is 0.104. The summed E-state index contributed by atoms with van der Waals surface area (Å²) in [7, 11) is 0. The zero-order valence-electron chi connectivity index (χ0n) is 24.7. The molecule has 1 aliphatic carbocycles. The zero-order chi connectivity index (χ0) is 33.3. The SMILES string of the molecule is CC(=Cc1ccc(O[C@H]2C[C@H](O)[C@@H](C(C)=CCOc3ccc(Cl)c(Cl)c3Cl)O2)c(O)c1)C(=O)N[C@@H]1[C@H](O)[C@H](O)[C@H]2OCO[C@H]2[C@@H]1O. The number of hydrogen-bond donors (Lipinski definition) is 6. The van der Waals surface area contributed by atoms with E-state index in [1.54, 1.807) is 31.2 Å². The smallest absolute Gasteiger partial charge is 0.247 e. The van der Waals surface area contributed by atoms with Gasteiger partial charge in [-0.1, -0.05) is 40.9 Å². The fourth-order valence-corrected chi connectivity index (χ4v) is 6.10. The summed E-state index contributed by atoms with van der Waals surface area (Å²) >= 11 is 18.2. The standard InChI is InChI=1S/C31H34Cl3NO11/c1-13(7-8-42-20-6-4-16(32)22(33)23(20)34)28-18(37)11-21(46-28)45-19-5-3-15(10-17(19)36)9-14(2)31(41)35-24-25(38)27(40)30-29(26(24)39)43-12-44-30/h3-7,9-10,18,21,24-30,36-40H,8,11-12H2,1-2H3,(H,35,41)/t18-,21+,24+,25-,26+,27-,28+,29-,30+/m0/s1. The molecule has 15 heteroatoms. The molecule has 0 unspecified atom stereocenters. The van der Waals surface area contributed by atoms with Gasteiger partial charge in [0, 0.05) is 12.0 Å². The quantitative estimate of drug-likeness (QED) is 0.129. The molecule has 2 aromatic carbocycles. The molecule has 0 bridgehead atoms. The van der Waals surface area contributed by atoms with E-state index >= 15 is 0 Å². The average Bonchev–Trinajstić information content (AvgIpc) is 3.66. The molecule has 2 aliphatic heterocycles. The number of hydrogen-bond acceptors (Lipinski definition) is 11. The van der Waals surface area contributed by atoms with E-state index in [1.165, 1.54) is 25.1 Å². The number of halogens is 3. The predicted octanol–water partition coefficient (Wildman–Crippen LogP) is 2.96. The third-order valence-electron chi connectivity index (χ3n) is 8.06. The highest BCUT2D eigenvalue weighted by Crippen LogP contribution is 2.38. The van der Waals surface area contributed by atoms with Crippen LogP contribution < -0.4 is 14.8 Å². The molecule has 0 radical (unpaired) electrons. The zero-order valence-corrected chi connectivity index (χ0v) is 26.9. The van der Waals surface area contributed by atoms with Gasteiger partial charge in [-0.3, -0.25) is 4.79 Å². The Balaban J connectivity index is 1.16. The molecule has 2 saturated heterocycles. The van der Waals surface area contributed by atoms with Crippen molar-refractivity contribution in [2.24, 2.45) is 0 Å². The highest BCUT2D eigenvalue weighted by Gasteiger charge is 2.53. The molecule has 0 aromatic heterocycles. The molecule has 1 saturated carbocycles. The van der Waals surface area contributed by atoms with Crippen molar-refractivity contribution in [1.29, 1.82) is 0 Å². The van der Waals surface area contributed by atoms with Gasteiger partial charge >= 0.3 is 0 Å². The van der Waals surface area contributed by atoms with Gasteiger partial charge < -0.3 is 54.5 Å². The van der Waals surface area contributed by atoms with Gasteiger partial charge in [-0.15, -0.1) is 0 Å². The molecule has 2 aromatic rings. The van der Waals surface area contributed by atoms with Crippen molar-refractivity contribution in [3.8, 4) is 17.2 Å². The average molecular weight is 703 g/mol. The van der Waals surface area contributed by atoms with Gasteiger partial charge in [0.25, 0.3) is 0 Å². The maximum Gasteiger partial charge on any atom is 0.247 e. The maximum atomic E-state index is 12.9. The molecule has 5 rings (SSSR count). The van der Waals surface area contributed by atoms with Crippen LogP contribution >= 0.6 is 34.8 Å². The molecular formula is C31H34Cl3NO11. The number of carbonyl (C=O) groups excluding carboxylic acids is 1. The Kier molecular flexibility index (Phi) is 11.1. The monoisotopic (exact) mass is 701 g/mol. The van der Waals surface area contributed by atoms with E-state index in [0.29, 0.717) is 21.9 Å². The molecule has 3 aliphatic rings. The Morgan fingerprint density at radius 1 is 0.978 bits per heavy atom. The number of ether oxygens (including phenoxy) is 5. The number of phenols is 1. The van der Waals surface area contributed by atoms with E-state index < -0.39 is 61.0 Å². The van der Waals surface area contributed by atoms with E-state index in [-0.39, 0.29) is 46.9 Å². The fraction of sp³-hybridized carbons (Fsp3) is 0.452. The van der Waals surface area contributed by atoms with Crippen molar-refractivity contribution in [3.63, 3.8) is 0 Å². The number of benzene rings is 2. The molecule has 3 fully saturated rings. The molecule has 12 nitrogen and oxygen atoms in total. The van der Waals surface area contributed by atoms with Crippen LogP contribution in [-0.2, 0) is 19.0 Å². The number of aliphatic hydroxyl groups is 4. The van der Waals surface area contributed by atoms with Crippen LogP contribution in [0.2, 0.25) is 15.1 Å². The maximum absolute atomic E-state index is 12.9. The summed E-state index contributed by atoms with van der Waals surface area (Å²) in [5, 5.41) is 55.8. The van der Waals surface area contributed by atoms with Crippen molar-refractivity contribution in [3.05, 3.63) is 68.2 Å². The molecular weight excluding hydrogens is 669 g/mol. The first kappa shape index (κ1) is 34.7. The Labute approximate surface area is 279 Å². The Bertz CT molecular complexity index is 1500. The van der Waals surface area contributed by atoms with Crippen molar-refractivity contribution in [1.82, 2.24) is 5.32 Å². The van der Waals surface area contributed by atoms with E-state index in [0.717, 1.165) is 0 Å². The molecule has 46 heavy (non-hydrogen) atoms. The number of aliphatic hydroxyl groups excluding tert-OH is 4. The van der Waals surface area contributed by atoms with Crippen LogP contribution in [-0.4, -0.2) is 99.9 Å². The van der Waals surface area contributed by atoms with E-state index in [1.807, 2.05) is 0 Å². The van der Waals surface area contributed by atoms with Gasteiger partial charge in [-0.2, -0.15) is 0 Å². The van der Waals surface area contributed by atoms with Gasteiger partial charge in [0.05, 0.1) is 22.2 Å². The minimum atomic E-state index is -1.48. The second kappa shape index (κ2) is 14.7. The van der Waals surface area contributed by atoms with Gasteiger partial charge in [0.1, 0.15) is 60.8 Å². The van der Waals surface area contributed by atoms with Crippen LogP contribution in [0.3, 0.4) is 0 Å². The summed E-state index contributed by atoms with van der Waals surface area (Å²) in [6.45, 7) is 3.28. The fourth-order valence-electron chi connectivity index (χ4n) is 5.52. The Morgan fingerprint density at radius 2 is 1.67 bits per heavy atom. The summed E-state index contributed by atoms with van der Waals surface area (Å²) in [6, 6.07) is 6.46. The van der Waals surface area contributed by atoms with E-state index in [2.05, 4.69) is 5.32 Å². The number of nitrogens with one attached hydrogen (secondary N) is 1. The van der Waals surface area contributed by atoms with Crippen molar-refractivity contribution in [2.45, 2.75) is 75.3 Å². The van der Waals surface area contributed by atoms with Crippen LogP contribution in [0.5, 0.6) is 17.2 Å². The second-order valence-electron chi connectivity index (χ2n) is 11.2. The first-order valence-electron chi connectivity index (χ1n) is 14.4. The van der Waals surface area contributed by atoms with Gasteiger partial charge in [0.15, 0.2) is 11.5 Å². The van der Waals surface area contributed by atoms with Crippen LogP contribution in [0.1, 0.15) is 25.8 Å². The lowest BCUT2D eigenvalue weighted by Crippen LogP contribution is -2.67. The lowest BCUT2D eigenvalue weighted by atomic mass is 9.83. The summed E-state index contributed by atoms with van der Waals surface area (Å²) in [5.41, 5.74) is 1.35. The number of rotatable bonds is 9. The third-order valence-corrected chi connectivity index (χ3v) is 9.34. The summed E-state index contributed by atoms with van der Waals surface area (Å²) < 4.78 is 27.9. The lowest BCUT2D eigenvalue weighted by molar-refractivity contribution is -0.155. The topological polar surface area (TPSA) is 176 Å². The number of phenolic OH excluding ortho intramolecular Hbond substituents is 1. The Hall–Kier alpha value is -2.62. The van der Waals surface area contributed by atoms with E-state index in [9.17, 15) is 30.3 Å². The summed E-state index contributed by atoms with van der Waals surface area (Å²) in [5.74, 6) is -0.380. The Morgan fingerprint density at radius 3 is 2.39 bits per heavy atom. The second-order valence-corrected chi connectivity index (χ2v) is 12.4. The van der Waals surface area contributed by atoms with Crippen LogP contribution in [0.4, 0.5) is 0 Å². The predicted molar refractivity (Wildman–Crippen MR) is 167 cm³/mol. The lowest BCUT2D eigenvalue weighted by Gasteiger charge is -2.41. The minimum Gasteiger partial charge on any atom is -0.504 e. The number of fused-ring (bicyclic) bond motifs is 1. The first-order valence-corrected chi connectivity index (χ1v) is 15.5. The molecule has 1 amide bonds. The molecule has 6 N–H and O–H groups in total. The van der Waals surface area contributed by atoms with Crippen LogP contribution in [0, 0.1) is 0 Å². The highest BCUT2D eigenvalue weighted by atomic mass is 35.5. The number of carbonyl (C=O) groups is 1. The summed E-state index contributed by atoms with van der Waals surface area (Å²) in [4.78, 5) is 12.9.